The first-order valence-electron chi connectivity index (χ1n) is 9.49. The van der Waals surface area contributed by atoms with Gasteiger partial charge in [0, 0.05) is 19.2 Å². The van der Waals surface area contributed by atoms with Crippen molar-refractivity contribution in [3.05, 3.63) is 59.5 Å². The van der Waals surface area contributed by atoms with Gasteiger partial charge in [0.15, 0.2) is 0 Å². The second-order valence-corrected chi connectivity index (χ2v) is 6.81. The molecule has 0 aromatic heterocycles. The predicted molar refractivity (Wildman–Crippen MR) is 108 cm³/mol. The summed E-state index contributed by atoms with van der Waals surface area (Å²) in [7, 11) is 2.98. The van der Waals surface area contributed by atoms with E-state index in [2.05, 4.69) is 0 Å². The third-order valence-electron chi connectivity index (χ3n) is 5.15. The Kier molecular flexibility index (Phi) is 5.41. The minimum absolute atomic E-state index is 0.236. The number of rotatable bonds is 5. The number of halogens is 1. The fraction of sp³-hybridized carbons (Fsp3) is 0.273. The van der Waals surface area contributed by atoms with Gasteiger partial charge in [0.2, 0.25) is 0 Å². The molecule has 0 spiro atoms. The van der Waals surface area contributed by atoms with Crippen molar-refractivity contribution >= 4 is 23.1 Å². The lowest BCUT2D eigenvalue weighted by Gasteiger charge is -2.29. The van der Waals surface area contributed by atoms with Crippen molar-refractivity contribution < 1.29 is 28.2 Å². The summed E-state index contributed by atoms with van der Waals surface area (Å²) in [5.41, 5.74) is 1.31. The van der Waals surface area contributed by atoms with Crippen LogP contribution in [0, 0.1) is 5.82 Å². The molecule has 156 valence electrons. The fourth-order valence-corrected chi connectivity index (χ4v) is 3.66. The number of hydrogen-bond donors (Lipinski definition) is 0. The summed E-state index contributed by atoms with van der Waals surface area (Å²) < 4.78 is 29.5. The molecule has 1 fully saturated rings. The summed E-state index contributed by atoms with van der Waals surface area (Å²) in [6, 6.07) is 10.4. The Hall–Kier alpha value is -3.39. The summed E-state index contributed by atoms with van der Waals surface area (Å²) in [5.74, 6) is -0.494. The Morgan fingerprint density at radius 1 is 0.933 bits per heavy atom. The van der Waals surface area contributed by atoms with Gasteiger partial charge in [-0.3, -0.25) is 9.59 Å². The summed E-state index contributed by atoms with van der Waals surface area (Å²) in [6.07, 6.45) is 0. The van der Waals surface area contributed by atoms with Crippen LogP contribution in [0.2, 0.25) is 0 Å². The number of amides is 2. The highest BCUT2D eigenvalue weighted by atomic mass is 19.1. The number of carbonyl (C=O) groups is 2. The van der Waals surface area contributed by atoms with Gasteiger partial charge in [-0.2, -0.15) is 0 Å². The SMILES string of the molecule is COc1ccc(N2C(=O)C(c3ccc(F)cc3)=C(N3CCOCC3)C2=O)c(OC)c1. The molecule has 2 amide bonds. The molecule has 0 N–H and O–H groups in total. The number of benzene rings is 2. The van der Waals surface area contributed by atoms with Crippen LogP contribution >= 0.6 is 0 Å². The average molecular weight is 412 g/mol. The van der Waals surface area contributed by atoms with E-state index >= 15 is 0 Å². The van der Waals surface area contributed by atoms with Crippen LogP contribution in [-0.4, -0.2) is 57.2 Å². The van der Waals surface area contributed by atoms with Gasteiger partial charge in [-0.25, -0.2) is 9.29 Å². The van der Waals surface area contributed by atoms with Gasteiger partial charge >= 0.3 is 0 Å². The van der Waals surface area contributed by atoms with Crippen molar-refractivity contribution in [3.63, 3.8) is 0 Å². The van der Waals surface area contributed by atoms with Crippen LogP contribution < -0.4 is 14.4 Å². The Balaban J connectivity index is 1.83. The van der Waals surface area contributed by atoms with E-state index in [0.717, 1.165) is 4.90 Å². The highest BCUT2D eigenvalue weighted by Crippen LogP contribution is 2.40. The molecule has 2 aliphatic rings. The van der Waals surface area contributed by atoms with Crippen LogP contribution in [0.5, 0.6) is 11.5 Å². The number of imide groups is 1. The minimum Gasteiger partial charge on any atom is -0.497 e. The summed E-state index contributed by atoms with van der Waals surface area (Å²) >= 11 is 0. The molecule has 2 aromatic carbocycles. The zero-order valence-electron chi connectivity index (χ0n) is 16.7. The second-order valence-electron chi connectivity index (χ2n) is 6.81. The maximum atomic E-state index is 13.5. The lowest BCUT2D eigenvalue weighted by molar-refractivity contribution is -0.121. The number of nitrogens with zero attached hydrogens (tertiary/aromatic N) is 2. The first kappa shape index (κ1) is 19.9. The van der Waals surface area contributed by atoms with E-state index < -0.39 is 17.6 Å². The monoisotopic (exact) mass is 412 g/mol. The molecule has 0 aliphatic carbocycles. The average Bonchev–Trinajstić information content (AvgIpc) is 3.04. The molecule has 4 rings (SSSR count). The third-order valence-corrected chi connectivity index (χ3v) is 5.15. The molecule has 8 heteroatoms. The van der Waals surface area contributed by atoms with Gasteiger partial charge in [0.1, 0.15) is 23.0 Å². The van der Waals surface area contributed by atoms with Crippen molar-refractivity contribution in [2.45, 2.75) is 0 Å². The van der Waals surface area contributed by atoms with Crippen molar-refractivity contribution in [1.29, 1.82) is 0 Å². The normalized spacial score (nSPS) is 17.0. The van der Waals surface area contributed by atoms with Crippen molar-refractivity contribution in [1.82, 2.24) is 4.90 Å². The summed E-state index contributed by atoms with van der Waals surface area (Å²) in [4.78, 5) is 29.9. The van der Waals surface area contributed by atoms with Gasteiger partial charge < -0.3 is 19.1 Å². The van der Waals surface area contributed by atoms with Crippen LogP contribution in [0.25, 0.3) is 5.57 Å². The van der Waals surface area contributed by atoms with E-state index in [1.54, 1.807) is 18.2 Å². The Bertz CT molecular complexity index is 1010. The van der Waals surface area contributed by atoms with E-state index in [-0.39, 0.29) is 11.3 Å². The molecule has 2 aromatic rings. The first-order chi connectivity index (χ1) is 14.5. The van der Waals surface area contributed by atoms with Crippen LogP contribution in [0.1, 0.15) is 5.56 Å². The van der Waals surface area contributed by atoms with Crippen LogP contribution in [0.15, 0.2) is 48.2 Å². The molecular weight excluding hydrogens is 391 g/mol. The van der Waals surface area contributed by atoms with Crippen molar-refractivity contribution in [3.8, 4) is 11.5 Å². The highest BCUT2D eigenvalue weighted by molar-refractivity contribution is 6.45. The molecule has 0 unspecified atom stereocenters. The van der Waals surface area contributed by atoms with E-state index in [4.69, 9.17) is 14.2 Å². The van der Waals surface area contributed by atoms with E-state index in [0.29, 0.717) is 49.1 Å². The van der Waals surface area contributed by atoms with Crippen LogP contribution in [0.3, 0.4) is 0 Å². The van der Waals surface area contributed by atoms with Gasteiger partial charge in [-0.15, -0.1) is 0 Å². The Labute approximate surface area is 173 Å². The summed E-state index contributed by atoms with van der Waals surface area (Å²) in [6.45, 7) is 1.86. The minimum atomic E-state index is -0.489. The van der Waals surface area contributed by atoms with Crippen molar-refractivity contribution in [2.75, 3.05) is 45.4 Å². The predicted octanol–water partition coefficient (Wildman–Crippen LogP) is 2.46. The smallest absolute Gasteiger partial charge is 0.282 e. The number of hydrogen-bond acceptors (Lipinski definition) is 6. The fourth-order valence-electron chi connectivity index (χ4n) is 3.66. The van der Waals surface area contributed by atoms with Crippen LogP contribution in [-0.2, 0) is 14.3 Å². The molecule has 0 bridgehead atoms. The Morgan fingerprint density at radius 3 is 2.27 bits per heavy atom. The van der Waals surface area contributed by atoms with E-state index in [1.165, 1.54) is 38.5 Å². The van der Waals surface area contributed by atoms with E-state index in [9.17, 15) is 14.0 Å². The number of morpholine rings is 1. The van der Waals surface area contributed by atoms with Crippen molar-refractivity contribution in [2.24, 2.45) is 0 Å². The molecule has 2 aliphatic heterocycles. The third kappa shape index (κ3) is 3.39. The summed E-state index contributed by atoms with van der Waals surface area (Å²) in [5, 5.41) is 0. The number of methoxy groups -OCH3 is 2. The topological polar surface area (TPSA) is 68.3 Å². The Morgan fingerprint density at radius 2 is 1.63 bits per heavy atom. The van der Waals surface area contributed by atoms with E-state index in [1.807, 2.05) is 4.90 Å². The lowest BCUT2D eigenvalue weighted by atomic mass is 10.0. The zero-order valence-corrected chi connectivity index (χ0v) is 16.7. The number of anilines is 1. The lowest BCUT2D eigenvalue weighted by Crippen LogP contribution is -2.40. The molecule has 0 saturated carbocycles. The van der Waals surface area contributed by atoms with Gasteiger partial charge in [-0.05, 0) is 29.8 Å². The largest absolute Gasteiger partial charge is 0.497 e. The number of carbonyl (C=O) groups excluding carboxylic acids is 2. The van der Waals surface area contributed by atoms with Gasteiger partial charge in [0.25, 0.3) is 11.8 Å². The first-order valence-corrected chi connectivity index (χ1v) is 9.49. The molecule has 0 radical (unpaired) electrons. The molecule has 0 atom stereocenters. The van der Waals surface area contributed by atoms with Crippen LogP contribution in [0.4, 0.5) is 10.1 Å². The number of ether oxygens (including phenoxy) is 3. The van der Waals surface area contributed by atoms with Gasteiger partial charge in [-0.1, -0.05) is 12.1 Å². The quantitative estimate of drug-likeness (QED) is 0.703. The molecule has 1 saturated heterocycles. The highest BCUT2D eigenvalue weighted by Gasteiger charge is 2.43. The molecule has 2 heterocycles. The van der Waals surface area contributed by atoms with Gasteiger partial charge in [0.05, 0.1) is 38.7 Å². The standard InChI is InChI=1S/C22H21FN2O5/c1-28-16-7-8-17(18(13-16)29-2)25-21(26)19(14-3-5-15(23)6-4-14)20(22(25)27)24-9-11-30-12-10-24/h3-8,13H,9-12H2,1-2H3. The zero-order chi connectivity index (χ0) is 21.3. The second kappa shape index (κ2) is 8.16. The maximum absolute atomic E-state index is 13.5. The molecule has 30 heavy (non-hydrogen) atoms. The maximum Gasteiger partial charge on any atom is 0.282 e. The molecule has 7 nitrogen and oxygen atoms in total. The molecular formula is C22H21FN2O5.